The van der Waals surface area contributed by atoms with Crippen LogP contribution in [-0.4, -0.2) is 44.7 Å². The van der Waals surface area contributed by atoms with Gasteiger partial charge in [-0.05, 0) is 30.7 Å². The maximum Gasteiger partial charge on any atom is 0.260 e. The van der Waals surface area contributed by atoms with Crippen molar-refractivity contribution in [2.75, 3.05) is 33.9 Å². The van der Waals surface area contributed by atoms with Gasteiger partial charge >= 0.3 is 0 Å². The van der Waals surface area contributed by atoms with Gasteiger partial charge in [0.15, 0.2) is 6.61 Å². The van der Waals surface area contributed by atoms with Crippen LogP contribution in [-0.2, 0) is 11.2 Å². The molecule has 1 saturated heterocycles. The minimum atomic E-state index is 0.0231. The van der Waals surface area contributed by atoms with Gasteiger partial charge < -0.3 is 19.1 Å². The van der Waals surface area contributed by atoms with Gasteiger partial charge in [-0.1, -0.05) is 30.3 Å². The van der Waals surface area contributed by atoms with Crippen molar-refractivity contribution in [1.82, 2.24) is 4.90 Å². The standard InChI is InChI=1S/C22H27NO4/c1-25-19-13-20(26-2)15-21(14-19)27-16-22(24)23-10-8-18(9-11-23)12-17-6-4-3-5-7-17/h3-7,13-15,18H,8-12,16H2,1-2H3. The van der Waals surface area contributed by atoms with Crippen LogP contribution in [0.2, 0.25) is 0 Å². The van der Waals surface area contributed by atoms with E-state index in [1.807, 2.05) is 11.0 Å². The third-order valence-electron chi connectivity index (χ3n) is 5.02. The summed E-state index contributed by atoms with van der Waals surface area (Å²) in [6.07, 6.45) is 3.16. The molecule has 1 heterocycles. The van der Waals surface area contributed by atoms with E-state index in [2.05, 4.69) is 24.3 Å². The summed E-state index contributed by atoms with van der Waals surface area (Å²) >= 11 is 0. The Bertz CT molecular complexity index is 717. The van der Waals surface area contributed by atoms with E-state index in [4.69, 9.17) is 14.2 Å². The van der Waals surface area contributed by atoms with E-state index in [9.17, 15) is 4.79 Å². The Kier molecular flexibility index (Phi) is 6.58. The maximum atomic E-state index is 12.5. The number of rotatable bonds is 7. The van der Waals surface area contributed by atoms with E-state index in [1.165, 1.54) is 5.56 Å². The molecule has 0 bridgehead atoms. The quantitative estimate of drug-likeness (QED) is 0.749. The average molecular weight is 369 g/mol. The van der Waals surface area contributed by atoms with Crippen molar-refractivity contribution in [3.63, 3.8) is 0 Å². The molecule has 0 aliphatic carbocycles. The SMILES string of the molecule is COc1cc(OC)cc(OCC(=O)N2CCC(Cc3ccccc3)CC2)c1. The van der Waals surface area contributed by atoms with E-state index >= 15 is 0 Å². The minimum Gasteiger partial charge on any atom is -0.496 e. The number of carbonyl (C=O) groups is 1. The Morgan fingerprint density at radius 3 is 2.15 bits per heavy atom. The first-order valence-electron chi connectivity index (χ1n) is 9.35. The van der Waals surface area contributed by atoms with Gasteiger partial charge in [0.05, 0.1) is 14.2 Å². The molecule has 0 spiro atoms. The molecule has 0 radical (unpaired) electrons. The summed E-state index contributed by atoms with van der Waals surface area (Å²) in [4.78, 5) is 14.4. The second-order valence-corrected chi connectivity index (χ2v) is 6.85. The average Bonchev–Trinajstić information content (AvgIpc) is 2.73. The van der Waals surface area contributed by atoms with Crippen molar-refractivity contribution in [3.05, 3.63) is 54.1 Å². The lowest BCUT2D eigenvalue weighted by Crippen LogP contribution is -2.41. The van der Waals surface area contributed by atoms with E-state index < -0.39 is 0 Å². The molecule has 144 valence electrons. The molecule has 0 N–H and O–H groups in total. The lowest BCUT2D eigenvalue weighted by Gasteiger charge is -2.32. The Labute approximate surface area is 160 Å². The zero-order chi connectivity index (χ0) is 19.1. The van der Waals surface area contributed by atoms with Crippen LogP contribution >= 0.6 is 0 Å². The van der Waals surface area contributed by atoms with E-state index in [-0.39, 0.29) is 12.5 Å². The first-order chi connectivity index (χ1) is 13.2. The molecule has 2 aromatic carbocycles. The topological polar surface area (TPSA) is 48.0 Å². The Morgan fingerprint density at radius 1 is 0.963 bits per heavy atom. The first kappa shape index (κ1) is 19.1. The summed E-state index contributed by atoms with van der Waals surface area (Å²) in [6.45, 7) is 1.61. The molecule has 5 heteroatoms. The second kappa shape index (κ2) is 9.31. The number of likely N-dealkylation sites (tertiary alicyclic amines) is 1. The molecule has 0 saturated carbocycles. The van der Waals surface area contributed by atoms with Crippen LogP contribution in [0, 0.1) is 5.92 Å². The predicted octanol–water partition coefficient (Wildman–Crippen LogP) is 3.56. The van der Waals surface area contributed by atoms with E-state index in [1.54, 1.807) is 32.4 Å². The Balaban J connectivity index is 1.47. The van der Waals surface area contributed by atoms with E-state index in [0.29, 0.717) is 23.2 Å². The highest BCUT2D eigenvalue weighted by Gasteiger charge is 2.23. The van der Waals surface area contributed by atoms with Gasteiger partial charge in [-0.2, -0.15) is 0 Å². The van der Waals surface area contributed by atoms with E-state index in [0.717, 1.165) is 32.4 Å². The van der Waals surface area contributed by atoms with Crippen LogP contribution in [0.1, 0.15) is 18.4 Å². The third kappa shape index (κ3) is 5.39. The molecular weight excluding hydrogens is 342 g/mol. The molecule has 2 aromatic rings. The summed E-state index contributed by atoms with van der Waals surface area (Å²) in [5.74, 6) is 2.51. The predicted molar refractivity (Wildman–Crippen MR) is 104 cm³/mol. The normalized spacial score (nSPS) is 14.7. The number of methoxy groups -OCH3 is 2. The van der Waals surface area contributed by atoms with Crippen LogP contribution < -0.4 is 14.2 Å². The zero-order valence-corrected chi connectivity index (χ0v) is 16.0. The molecule has 27 heavy (non-hydrogen) atoms. The molecule has 1 aliphatic rings. The zero-order valence-electron chi connectivity index (χ0n) is 16.0. The van der Waals surface area contributed by atoms with Gasteiger partial charge in [0.25, 0.3) is 5.91 Å². The van der Waals surface area contributed by atoms with Crippen LogP contribution in [0.4, 0.5) is 0 Å². The van der Waals surface area contributed by atoms with Crippen LogP contribution in [0.25, 0.3) is 0 Å². The summed E-state index contributed by atoms with van der Waals surface area (Å²) in [5, 5.41) is 0. The summed E-state index contributed by atoms with van der Waals surface area (Å²) < 4.78 is 16.1. The number of nitrogens with zero attached hydrogens (tertiary/aromatic N) is 1. The number of ether oxygens (including phenoxy) is 3. The van der Waals surface area contributed by atoms with Gasteiger partial charge in [0.2, 0.25) is 0 Å². The number of hydrogen-bond donors (Lipinski definition) is 0. The molecule has 0 unspecified atom stereocenters. The first-order valence-corrected chi connectivity index (χ1v) is 9.35. The monoisotopic (exact) mass is 369 g/mol. The largest absolute Gasteiger partial charge is 0.496 e. The molecule has 1 amide bonds. The lowest BCUT2D eigenvalue weighted by atomic mass is 9.90. The Hall–Kier alpha value is -2.69. The van der Waals surface area contributed by atoms with Crippen molar-refractivity contribution in [1.29, 1.82) is 0 Å². The van der Waals surface area contributed by atoms with Gasteiger partial charge in [-0.15, -0.1) is 0 Å². The van der Waals surface area contributed by atoms with Gasteiger partial charge in [0.1, 0.15) is 17.2 Å². The molecule has 3 rings (SSSR count). The summed E-state index contributed by atoms with van der Waals surface area (Å²) in [5.41, 5.74) is 1.37. The smallest absolute Gasteiger partial charge is 0.260 e. The molecule has 1 fully saturated rings. The van der Waals surface area contributed by atoms with Gasteiger partial charge in [-0.3, -0.25) is 4.79 Å². The van der Waals surface area contributed by atoms with Crippen LogP contribution in [0.3, 0.4) is 0 Å². The number of carbonyl (C=O) groups excluding carboxylic acids is 1. The van der Waals surface area contributed by atoms with Crippen LogP contribution in [0.15, 0.2) is 48.5 Å². The number of amides is 1. The fourth-order valence-corrected chi connectivity index (χ4v) is 3.43. The fraction of sp³-hybridized carbons (Fsp3) is 0.409. The molecule has 5 nitrogen and oxygen atoms in total. The van der Waals surface area contributed by atoms with Crippen molar-refractivity contribution in [2.45, 2.75) is 19.3 Å². The highest BCUT2D eigenvalue weighted by Crippen LogP contribution is 2.27. The van der Waals surface area contributed by atoms with Crippen molar-refractivity contribution >= 4 is 5.91 Å². The highest BCUT2D eigenvalue weighted by atomic mass is 16.5. The lowest BCUT2D eigenvalue weighted by molar-refractivity contribution is -0.134. The number of benzene rings is 2. The second-order valence-electron chi connectivity index (χ2n) is 6.85. The Morgan fingerprint density at radius 2 is 1.56 bits per heavy atom. The van der Waals surface area contributed by atoms with Crippen molar-refractivity contribution < 1.29 is 19.0 Å². The van der Waals surface area contributed by atoms with Gasteiger partial charge in [0, 0.05) is 31.3 Å². The molecular formula is C22H27NO4. The molecule has 0 aromatic heterocycles. The van der Waals surface area contributed by atoms with Crippen LogP contribution in [0.5, 0.6) is 17.2 Å². The summed E-state index contributed by atoms with van der Waals surface area (Å²) in [7, 11) is 3.17. The number of hydrogen-bond acceptors (Lipinski definition) is 4. The maximum absolute atomic E-state index is 12.5. The van der Waals surface area contributed by atoms with Crippen molar-refractivity contribution in [3.8, 4) is 17.2 Å². The number of piperidine rings is 1. The fourth-order valence-electron chi connectivity index (χ4n) is 3.43. The summed E-state index contributed by atoms with van der Waals surface area (Å²) in [6, 6.07) is 15.8. The molecule has 1 aliphatic heterocycles. The van der Waals surface area contributed by atoms with Gasteiger partial charge in [-0.25, -0.2) is 0 Å². The third-order valence-corrected chi connectivity index (χ3v) is 5.02. The van der Waals surface area contributed by atoms with Crippen molar-refractivity contribution in [2.24, 2.45) is 5.92 Å². The minimum absolute atomic E-state index is 0.0231. The highest BCUT2D eigenvalue weighted by molar-refractivity contribution is 5.77. The molecule has 0 atom stereocenters.